The number of nitrogens with zero attached hydrogens (tertiary/aromatic N) is 3. The molecule has 1 aliphatic heterocycles. The molecule has 0 aliphatic carbocycles. The van der Waals surface area contributed by atoms with Crippen LogP contribution in [-0.4, -0.2) is 43.7 Å². The zero-order valence-corrected chi connectivity index (χ0v) is 13.6. The number of anilines is 1. The average Bonchev–Trinajstić information content (AvgIpc) is 3.15. The van der Waals surface area contributed by atoms with Gasteiger partial charge in [0.25, 0.3) is 0 Å². The van der Waals surface area contributed by atoms with Gasteiger partial charge in [-0.1, -0.05) is 6.08 Å². The molecule has 1 aromatic rings. The Balaban J connectivity index is 1.82. The van der Waals surface area contributed by atoms with E-state index in [1.54, 1.807) is 11.3 Å². The van der Waals surface area contributed by atoms with Crippen LogP contribution >= 0.6 is 11.3 Å². The Morgan fingerprint density at radius 1 is 1.48 bits per heavy atom. The number of aromatic nitrogens is 1. The summed E-state index contributed by atoms with van der Waals surface area (Å²) in [5.74, 6) is 0.840. The van der Waals surface area contributed by atoms with Gasteiger partial charge in [-0.15, -0.1) is 17.9 Å². The first kappa shape index (κ1) is 15.8. The van der Waals surface area contributed by atoms with E-state index in [2.05, 4.69) is 39.4 Å². The molecular weight excluding hydrogens is 282 g/mol. The number of aliphatic imine (C=N–C) groups is 1. The van der Waals surface area contributed by atoms with E-state index in [4.69, 9.17) is 4.98 Å². The predicted octanol–water partition coefficient (Wildman–Crippen LogP) is 2.03. The van der Waals surface area contributed by atoms with Crippen LogP contribution in [0.3, 0.4) is 0 Å². The van der Waals surface area contributed by atoms with Crippen LogP contribution in [0.1, 0.15) is 25.5 Å². The van der Waals surface area contributed by atoms with Gasteiger partial charge >= 0.3 is 0 Å². The van der Waals surface area contributed by atoms with Crippen LogP contribution in [-0.2, 0) is 6.42 Å². The Morgan fingerprint density at radius 3 is 3.00 bits per heavy atom. The summed E-state index contributed by atoms with van der Waals surface area (Å²) in [5.41, 5.74) is 1.14. The highest BCUT2D eigenvalue weighted by Gasteiger charge is 2.15. The monoisotopic (exact) mass is 307 g/mol. The largest absolute Gasteiger partial charge is 0.357 e. The van der Waals surface area contributed by atoms with Gasteiger partial charge in [0, 0.05) is 44.5 Å². The summed E-state index contributed by atoms with van der Waals surface area (Å²) in [6.45, 7) is 10.4. The molecule has 2 N–H and O–H groups in total. The van der Waals surface area contributed by atoms with Crippen molar-refractivity contribution in [3.05, 3.63) is 23.7 Å². The van der Waals surface area contributed by atoms with Gasteiger partial charge in [-0.25, -0.2) is 4.98 Å². The SMILES string of the molecule is C=CCNC(=NCCc1csc(N2CCCC2)n1)NCC. The number of hydrogen-bond acceptors (Lipinski definition) is 4. The molecule has 1 aromatic heterocycles. The Bertz CT molecular complexity index is 462. The van der Waals surface area contributed by atoms with E-state index in [-0.39, 0.29) is 0 Å². The average molecular weight is 307 g/mol. The van der Waals surface area contributed by atoms with Crippen LogP contribution < -0.4 is 15.5 Å². The molecule has 5 nitrogen and oxygen atoms in total. The number of guanidine groups is 1. The third-order valence-corrected chi connectivity index (χ3v) is 4.26. The summed E-state index contributed by atoms with van der Waals surface area (Å²) in [7, 11) is 0. The summed E-state index contributed by atoms with van der Waals surface area (Å²) in [6.07, 6.45) is 5.30. The van der Waals surface area contributed by atoms with E-state index in [0.29, 0.717) is 0 Å². The van der Waals surface area contributed by atoms with Crippen molar-refractivity contribution in [1.82, 2.24) is 15.6 Å². The highest BCUT2D eigenvalue weighted by molar-refractivity contribution is 7.13. The van der Waals surface area contributed by atoms with E-state index in [1.807, 2.05) is 6.08 Å². The zero-order chi connectivity index (χ0) is 14.9. The number of thiazole rings is 1. The van der Waals surface area contributed by atoms with Crippen molar-refractivity contribution < 1.29 is 0 Å². The first-order chi connectivity index (χ1) is 10.3. The summed E-state index contributed by atoms with van der Waals surface area (Å²) in [5, 5.41) is 9.75. The van der Waals surface area contributed by atoms with Crippen molar-refractivity contribution in [2.75, 3.05) is 37.6 Å². The van der Waals surface area contributed by atoms with Crippen LogP contribution in [0.5, 0.6) is 0 Å². The fraction of sp³-hybridized carbons (Fsp3) is 0.600. The lowest BCUT2D eigenvalue weighted by Gasteiger charge is -2.12. The molecule has 2 heterocycles. The topological polar surface area (TPSA) is 52.6 Å². The predicted molar refractivity (Wildman–Crippen MR) is 91.4 cm³/mol. The standard InChI is InChI=1S/C15H25N5S/c1-3-8-17-14(16-4-2)18-9-7-13-12-21-15(19-13)20-10-5-6-11-20/h3,12H,1,4-11H2,2H3,(H2,16,17,18). The van der Waals surface area contributed by atoms with E-state index >= 15 is 0 Å². The molecule has 0 atom stereocenters. The third-order valence-electron chi connectivity index (χ3n) is 3.31. The number of hydrogen-bond donors (Lipinski definition) is 2. The molecule has 0 saturated carbocycles. The second kappa shape index (κ2) is 8.67. The van der Waals surface area contributed by atoms with Crippen LogP contribution in [0.2, 0.25) is 0 Å². The lowest BCUT2D eigenvalue weighted by Crippen LogP contribution is -2.37. The highest BCUT2D eigenvalue weighted by atomic mass is 32.1. The molecule has 0 spiro atoms. The highest BCUT2D eigenvalue weighted by Crippen LogP contribution is 2.24. The van der Waals surface area contributed by atoms with Gasteiger partial charge < -0.3 is 15.5 Å². The minimum atomic E-state index is 0.724. The van der Waals surface area contributed by atoms with Crippen molar-refractivity contribution in [2.24, 2.45) is 4.99 Å². The molecule has 1 saturated heterocycles. The fourth-order valence-corrected chi connectivity index (χ4v) is 3.17. The van der Waals surface area contributed by atoms with Crippen LogP contribution in [0.15, 0.2) is 23.0 Å². The second-order valence-electron chi connectivity index (χ2n) is 5.00. The van der Waals surface area contributed by atoms with E-state index in [1.165, 1.54) is 18.0 Å². The fourth-order valence-electron chi connectivity index (χ4n) is 2.26. The maximum Gasteiger partial charge on any atom is 0.191 e. The van der Waals surface area contributed by atoms with Crippen LogP contribution in [0.4, 0.5) is 5.13 Å². The molecule has 21 heavy (non-hydrogen) atoms. The molecule has 0 bridgehead atoms. The van der Waals surface area contributed by atoms with Crippen molar-refractivity contribution in [2.45, 2.75) is 26.2 Å². The Kier molecular flexibility index (Phi) is 6.53. The summed E-state index contributed by atoms with van der Waals surface area (Å²) >= 11 is 1.75. The molecule has 116 valence electrons. The Hall–Kier alpha value is -1.56. The van der Waals surface area contributed by atoms with Crippen LogP contribution in [0.25, 0.3) is 0 Å². The number of nitrogens with one attached hydrogen (secondary N) is 2. The van der Waals surface area contributed by atoms with Gasteiger partial charge in [0.1, 0.15) is 0 Å². The minimum absolute atomic E-state index is 0.724. The smallest absolute Gasteiger partial charge is 0.191 e. The maximum absolute atomic E-state index is 4.72. The molecule has 2 rings (SSSR count). The Morgan fingerprint density at radius 2 is 2.29 bits per heavy atom. The van der Waals surface area contributed by atoms with Gasteiger partial charge in [0.15, 0.2) is 11.1 Å². The van der Waals surface area contributed by atoms with Crippen molar-refractivity contribution >= 4 is 22.4 Å². The minimum Gasteiger partial charge on any atom is -0.357 e. The molecule has 6 heteroatoms. The van der Waals surface area contributed by atoms with Gasteiger partial charge in [0.2, 0.25) is 0 Å². The molecule has 0 radical (unpaired) electrons. The van der Waals surface area contributed by atoms with Gasteiger partial charge in [-0.3, -0.25) is 4.99 Å². The molecule has 0 amide bonds. The summed E-state index contributed by atoms with van der Waals surface area (Å²) < 4.78 is 0. The third kappa shape index (κ3) is 5.04. The summed E-state index contributed by atoms with van der Waals surface area (Å²) in [6, 6.07) is 0. The zero-order valence-electron chi connectivity index (χ0n) is 12.8. The lowest BCUT2D eigenvalue weighted by molar-refractivity contribution is 0.844. The van der Waals surface area contributed by atoms with Gasteiger partial charge in [0.05, 0.1) is 5.69 Å². The molecule has 1 aliphatic rings. The van der Waals surface area contributed by atoms with Crippen molar-refractivity contribution in [3.63, 3.8) is 0 Å². The first-order valence-corrected chi connectivity index (χ1v) is 8.54. The van der Waals surface area contributed by atoms with E-state index in [0.717, 1.165) is 50.8 Å². The summed E-state index contributed by atoms with van der Waals surface area (Å²) in [4.78, 5) is 11.6. The second-order valence-corrected chi connectivity index (χ2v) is 5.83. The molecule has 0 unspecified atom stereocenters. The van der Waals surface area contributed by atoms with Crippen molar-refractivity contribution in [1.29, 1.82) is 0 Å². The van der Waals surface area contributed by atoms with E-state index < -0.39 is 0 Å². The molecule has 0 aromatic carbocycles. The van der Waals surface area contributed by atoms with Gasteiger partial charge in [-0.2, -0.15) is 0 Å². The Labute approximate surface area is 131 Å². The van der Waals surface area contributed by atoms with Crippen molar-refractivity contribution in [3.8, 4) is 0 Å². The quantitative estimate of drug-likeness (QED) is 0.460. The van der Waals surface area contributed by atoms with Crippen LogP contribution in [0, 0.1) is 0 Å². The maximum atomic E-state index is 4.72. The van der Waals surface area contributed by atoms with E-state index in [9.17, 15) is 0 Å². The lowest BCUT2D eigenvalue weighted by atomic mass is 10.3. The number of rotatable bonds is 7. The molecule has 1 fully saturated rings. The normalized spacial score (nSPS) is 15.3. The molecular formula is C15H25N5S. The first-order valence-electron chi connectivity index (χ1n) is 7.66. The van der Waals surface area contributed by atoms with Gasteiger partial charge in [-0.05, 0) is 19.8 Å².